The summed E-state index contributed by atoms with van der Waals surface area (Å²) < 4.78 is 1.75. The quantitative estimate of drug-likeness (QED) is 0.667. The largest absolute Gasteiger partial charge is 0.481 e. The van der Waals surface area contributed by atoms with Crippen LogP contribution in [0.4, 0.5) is 10.5 Å². The maximum absolute atomic E-state index is 11.6. The summed E-state index contributed by atoms with van der Waals surface area (Å²) in [5, 5.41) is 18.2. The average Bonchev–Trinajstić information content (AvgIpc) is 2.82. The van der Waals surface area contributed by atoms with Crippen molar-refractivity contribution in [3.8, 4) is 0 Å². The summed E-state index contributed by atoms with van der Waals surface area (Å²) in [6.07, 6.45) is 4.52. The first-order valence-electron chi connectivity index (χ1n) is 6.72. The molecule has 1 aromatic heterocycles. The maximum Gasteiger partial charge on any atom is 0.319 e. The first-order valence-corrected chi connectivity index (χ1v) is 6.72. The van der Waals surface area contributed by atoms with Crippen LogP contribution in [0.1, 0.15) is 39.7 Å². The first kappa shape index (κ1) is 16.0. The molecule has 0 radical (unpaired) electrons. The van der Waals surface area contributed by atoms with Crippen LogP contribution >= 0.6 is 0 Å². The zero-order valence-corrected chi connectivity index (χ0v) is 12.1. The minimum Gasteiger partial charge on any atom is -0.481 e. The molecule has 0 saturated carbocycles. The van der Waals surface area contributed by atoms with Crippen LogP contribution in [0, 0.1) is 5.92 Å². The van der Waals surface area contributed by atoms with Gasteiger partial charge in [-0.05, 0) is 26.7 Å². The van der Waals surface area contributed by atoms with Gasteiger partial charge in [0, 0.05) is 18.8 Å². The zero-order valence-electron chi connectivity index (χ0n) is 12.1. The molecule has 0 spiro atoms. The van der Waals surface area contributed by atoms with Gasteiger partial charge >= 0.3 is 12.0 Å². The second-order valence-corrected chi connectivity index (χ2v) is 5.07. The Bertz CT molecular complexity index is 456. The highest BCUT2D eigenvalue weighted by Crippen LogP contribution is 2.09. The number of carbonyl (C=O) groups excluding carboxylic acids is 1. The van der Waals surface area contributed by atoms with Crippen molar-refractivity contribution in [2.45, 2.75) is 39.7 Å². The van der Waals surface area contributed by atoms with E-state index in [2.05, 4.69) is 15.7 Å². The summed E-state index contributed by atoms with van der Waals surface area (Å²) in [6, 6.07) is -0.0672. The molecular weight excluding hydrogens is 260 g/mol. The van der Waals surface area contributed by atoms with Gasteiger partial charge in [0.2, 0.25) is 0 Å². The molecule has 0 saturated heterocycles. The fraction of sp³-hybridized carbons (Fsp3) is 0.615. The maximum atomic E-state index is 11.6. The van der Waals surface area contributed by atoms with Gasteiger partial charge in [0.1, 0.15) is 0 Å². The second kappa shape index (κ2) is 7.52. The first-order chi connectivity index (χ1) is 9.40. The number of nitrogens with zero attached hydrogens (tertiary/aromatic N) is 2. The van der Waals surface area contributed by atoms with E-state index >= 15 is 0 Å². The Morgan fingerprint density at radius 1 is 1.40 bits per heavy atom. The van der Waals surface area contributed by atoms with Crippen LogP contribution in [0.15, 0.2) is 12.4 Å². The van der Waals surface area contributed by atoms with E-state index in [0.717, 1.165) is 0 Å². The molecule has 3 N–H and O–H groups in total. The second-order valence-electron chi connectivity index (χ2n) is 5.07. The predicted molar refractivity (Wildman–Crippen MR) is 75.7 cm³/mol. The van der Waals surface area contributed by atoms with Crippen molar-refractivity contribution < 1.29 is 14.7 Å². The molecule has 0 aliphatic carbocycles. The van der Waals surface area contributed by atoms with Crippen LogP contribution in [-0.4, -0.2) is 33.4 Å². The van der Waals surface area contributed by atoms with Crippen molar-refractivity contribution in [1.82, 2.24) is 15.1 Å². The number of carboxylic acid groups (broad SMARTS) is 1. The molecule has 1 atom stereocenters. The molecule has 0 aromatic carbocycles. The number of hydrogen-bond acceptors (Lipinski definition) is 3. The number of carbonyl (C=O) groups is 2. The van der Waals surface area contributed by atoms with Gasteiger partial charge in [-0.25, -0.2) is 4.79 Å². The third-order valence-electron chi connectivity index (χ3n) is 2.91. The summed E-state index contributed by atoms with van der Waals surface area (Å²) in [4.78, 5) is 22.2. The van der Waals surface area contributed by atoms with Gasteiger partial charge in [0.25, 0.3) is 0 Å². The third-order valence-corrected chi connectivity index (χ3v) is 2.91. The third kappa shape index (κ3) is 5.29. The minimum absolute atomic E-state index is 0.242. The minimum atomic E-state index is -0.810. The molecule has 1 rings (SSSR count). The van der Waals surface area contributed by atoms with E-state index < -0.39 is 5.97 Å². The van der Waals surface area contributed by atoms with E-state index in [1.54, 1.807) is 24.0 Å². The van der Waals surface area contributed by atoms with Gasteiger partial charge in [0.05, 0.1) is 17.8 Å². The number of amides is 2. The van der Waals surface area contributed by atoms with Crippen LogP contribution in [-0.2, 0) is 4.79 Å². The molecule has 0 bridgehead atoms. The highest BCUT2D eigenvalue weighted by molar-refractivity contribution is 5.88. The molecule has 20 heavy (non-hydrogen) atoms. The molecule has 112 valence electrons. The standard InChI is InChI=1S/C13H22N4O3/c1-9(2)17-8-11(7-15-17)16-13(20)14-6-4-5-10(3)12(18)19/h7-10H,4-6H2,1-3H3,(H,18,19)(H2,14,16,20). The predicted octanol–water partition coefficient (Wildman–Crippen LogP) is 2.09. The van der Waals surface area contributed by atoms with Crippen LogP contribution in [0.2, 0.25) is 0 Å². The highest BCUT2D eigenvalue weighted by atomic mass is 16.4. The van der Waals surface area contributed by atoms with Crippen molar-refractivity contribution in [1.29, 1.82) is 0 Å². The van der Waals surface area contributed by atoms with E-state index in [1.807, 2.05) is 13.8 Å². The molecular formula is C13H22N4O3. The van der Waals surface area contributed by atoms with Crippen molar-refractivity contribution in [3.05, 3.63) is 12.4 Å². The van der Waals surface area contributed by atoms with Crippen molar-refractivity contribution in [2.75, 3.05) is 11.9 Å². The van der Waals surface area contributed by atoms with E-state index in [-0.39, 0.29) is 18.0 Å². The topological polar surface area (TPSA) is 96.3 Å². The Morgan fingerprint density at radius 3 is 2.65 bits per heavy atom. The molecule has 1 unspecified atom stereocenters. The number of aliphatic carboxylic acids is 1. The van der Waals surface area contributed by atoms with Gasteiger partial charge in [-0.3, -0.25) is 9.48 Å². The van der Waals surface area contributed by atoms with Gasteiger partial charge in [-0.15, -0.1) is 0 Å². The van der Waals surface area contributed by atoms with E-state index in [0.29, 0.717) is 25.1 Å². The van der Waals surface area contributed by atoms with Crippen molar-refractivity contribution >= 4 is 17.7 Å². The summed E-state index contributed by atoms with van der Waals surface area (Å²) in [5.74, 6) is -1.19. The zero-order chi connectivity index (χ0) is 15.1. The number of carboxylic acids is 1. The number of hydrogen-bond donors (Lipinski definition) is 3. The van der Waals surface area contributed by atoms with Gasteiger partial charge in [-0.2, -0.15) is 5.10 Å². The van der Waals surface area contributed by atoms with Gasteiger partial charge in [-0.1, -0.05) is 6.92 Å². The van der Waals surface area contributed by atoms with E-state index in [9.17, 15) is 9.59 Å². The van der Waals surface area contributed by atoms with Crippen molar-refractivity contribution in [2.24, 2.45) is 5.92 Å². The molecule has 2 amide bonds. The van der Waals surface area contributed by atoms with Crippen LogP contribution in [0.5, 0.6) is 0 Å². The number of urea groups is 1. The lowest BCUT2D eigenvalue weighted by atomic mass is 10.1. The molecule has 0 aliphatic rings. The Kier molecular flexibility index (Phi) is 6.02. The Hall–Kier alpha value is -2.05. The summed E-state index contributed by atoms with van der Waals surface area (Å²) in [6.45, 7) is 6.10. The molecule has 0 aliphatic heterocycles. The van der Waals surface area contributed by atoms with Crippen LogP contribution < -0.4 is 10.6 Å². The molecule has 0 fully saturated rings. The Balaban J connectivity index is 2.24. The number of rotatable bonds is 7. The van der Waals surface area contributed by atoms with Gasteiger partial charge < -0.3 is 15.7 Å². The van der Waals surface area contributed by atoms with E-state index in [1.165, 1.54) is 0 Å². The highest BCUT2D eigenvalue weighted by Gasteiger charge is 2.10. The average molecular weight is 282 g/mol. The van der Waals surface area contributed by atoms with Crippen LogP contribution in [0.25, 0.3) is 0 Å². The molecule has 1 heterocycles. The summed E-state index contributed by atoms with van der Waals surface area (Å²) in [5.41, 5.74) is 0.634. The van der Waals surface area contributed by atoms with Crippen LogP contribution in [0.3, 0.4) is 0 Å². The number of aromatic nitrogens is 2. The molecule has 1 aromatic rings. The normalized spacial score (nSPS) is 12.2. The summed E-state index contributed by atoms with van der Waals surface area (Å²) in [7, 11) is 0. The lowest BCUT2D eigenvalue weighted by Gasteiger charge is -2.08. The lowest BCUT2D eigenvalue weighted by molar-refractivity contribution is -0.141. The van der Waals surface area contributed by atoms with Crippen molar-refractivity contribution in [3.63, 3.8) is 0 Å². The van der Waals surface area contributed by atoms with Gasteiger partial charge in [0.15, 0.2) is 0 Å². The fourth-order valence-corrected chi connectivity index (χ4v) is 1.59. The monoisotopic (exact) mass is 282 g/mol. The van der Waals surface area contributed by atoms with E-state index in [4.69, 9.17) is 5.11 Å². The smallest absolute Gasteiger partial charge is 0.319 e. The molecule has 7 heteroatoms. The Labute approximate surface area is 118 Å². The number of anilines is 1. The SMILES string of the molecule is CC(CCCNC(=O)Nc1cnn(C(C)C)c1)C(=O)O. The number of nitrogens with one attached hydrogen (secondary N) is 2. The molecule has 7 nitrogen and oxygen atoms in total. The fourth-order valence-electron chi connectivity index (χ4n) is 1.59. The summed E-state index contributed by atoms with van der Waals surface area (Å²) >= 11 is 0. The Morgan fingerprint density at radius 2 is 2.10 bits per heavy atom. The lowest BCUT2D eigenvalue weighted by Crippen LogP contribution is -2.29.